The Morgan fingerprint density at radius 3 is 2.95 bits per heavy atom. The van der Waals surface area contributed by atoms with Crippen LogP contribution in [0.1, 0.15) is 11.5 Å². The van der Waals surface area contributed by atoms with E-state index < -0.39 is 0 Å². The topological polar surface area (TPSA) is 62.7 Å². The molecule has 2 aromatic heterocycles. The van der Waals surface area contributed by atoms with Gasteiger partial charge in [-0.15, -0.1) is 0 Å². The molecule has 3 aromatic rings. The molecule has 20 heavy (non-hydrogen) atoms. The van der Waals surface area contributed by atoms with E-state index in [9.17, 15) is 4.79 Å². The monoisotopic (exact) mass is 268 g/mol. The van der Waals surface area contributed by atoms with Gasteiger partial charge in [0.15, 0.2) is 0 Å². The Kier molecular flexibility index (Phi) is 3.35. The van der Waals surface area contributed by atoms with Crippen LogP contribution in [-0.2, 0) is 13.1 Å². The van der Waals surface area contributed by atoms with Crippen molar-refractivity contribution in [2.75, 3.05) is 7.05 Å². The number of aromatic nitrogens is 3. The maximum atomic E-state index is 12.0. The van der Waals surface area contributed by atoms with E-state index in [1.807, 2.05) is 37.5 Å². The average Bonchev–Trinajstić information content (AvgIpc) is 2.87. The van der Waals surface area contributed by atoms with Crippen molar-refractivity contribution in [3.05, 3.63) is 64.5 Å². The first kappa shape index (κ1) is 12.6. The largest absolute Gasteiger partial charge is 0.343 e. The molecule has 1 aromatic carbocycles. The van der Waals surface area contributed by atoms with Gasteiger partial charge in [-0.2, -0.15) is 0 Å². The first-order chi connectivity index (χ1) is 9.78. The standard InChI is InChI=1S/C15H16N4O/c1-16-9-11-5-4-8-19(11)10-14-17-13-7-3-2-6-12(13)15(20)18-14/h2-8,16H,9-10H2,1H3,(H,17,18,20). The lowest BCUT2D eigenvalue weighted by molar-refractivity contribution is 0.672. The average molecular weight is 268 g/mol. The number of nitrogens with zero attached hydrogens (tertiary/aromatic N) is 2. The van der Waals surface area contributed by atoms with Crippen LogP contribution in [0.4, 0.5) is 0 Å². The lowest BCUT2D eigenvalue weighted by Gasteiger charge is -2.09. The van der Waals surface area contributed by atoms with Gasteiger partial charge in [0.2, 0.25) is 0 Å². The van der Waals surface area contributed by atoms with Crippen LogP contribution in [0, 0.1) is 0 Å². The first-order valence-electron chi connectivity index (χ1n) is 6.54. The fourth-order valence-corrected chi connectivity index (χ4v) is 2.32. The van der Waals surface area contributed by atoms with E-state index >= 15 is 0 Å². The Bertz CT molecular complexity index is 788. The molecule has 0 aliphatic carbocycles. The van der Waals surface area contributed by atoms with E-state index in [0.717, 1.165) is 17.8 Å². The second kappa shape index (κ2) is 5.30. The normalized spacial score (nSPS) is 11.1. The van der Waals surface area contributed by atoms with Crippen LogP contribution < -0.4 is 10.9 Å². The van der Waals surface area contributed by atoms with Crippen LogP contribution in [-0.4, -0.2) is 21.6 Å². The molecule has 0 saturated carbocycles. The summed E-state index contributed by atoms with van der Waals surface area (Å²) >= 11 is 0. The number of H-pyrrole nitrogens is 1. The number of para-hydroxylation sites is 1. The molecule has 5 nitrogen and oxygen atoms in total. The molecule has 0 aliphatic heterocycles. The van der Waals surface area contributed by atoms with Gasteiger partial charge in [-0.05, 0) is 31.3 Å². The predicted octanol–water partition coefficient (Wildman–Crippen LogP) is 1.49. The molecule has 0 fully saturated rings. The lowest BCUT2D eigenvalue weighted by atomic mass is 10.2. The van der Waals surface area contributed by atoms with E-state index in [2.05, 4.69) is 25.9 Å². The molecule has 102 valence electrons. The van der Waals surface area contributed by atoms with Gasteiger partial charge >= 0.3 is 0 Å². The molecule has 2 N–H and O–H groups in total. The van der Waals surface area contributed by atoms with E-state index in [1.54, 1.807) is 6.07 Å². The van der Waals surface area contributed by atoms with Crippen molar-refractivity contribution in [3.8, 4) is 0 Å². The molecule has 0 amide bonds. The maximum Gasteiger partial charge on any atom is 0.258 e. The SMILES string of the molecule is CNCc1cccn1Cc1nc2ccccc2c(=O)[nH]1. The summed E-state index contributed by atoms with van der Waals surface area (Å²) in [5, 5.41) is 3.75. The quantitative estimate of drug-likeness (QED) is 0.753. The third-order valence-corrected chi connectivity index (χ3v) is 3.26. The number of fused-ring (bicyclic) bond motifs is 1. The molecule has 2 heterocycles. The van der Waals surface area contributed by atoms with Crippen LogP contribution in [0.25, 0.3) is 10.9 Å². The van der Waals surface area contributed by atoms with E-state index in [-0.39, 0.29) is 5.56 Å². The van der Waals surface area contributed by atoms with Gasteiger partial charge in [-0.1, -0.05) is 12.1 Å². The summed E-state index contributed by atoms with van der Waals surface area (Å²) in [5.41, 5.74) is 1.80. The maximum absolute atomic E-state index is 12.0. The number of benzene rings is 1. The highest BCUT2D eigenvalue weighted by atomic mass is 16.1. The third-order valence-electron chi connectivity index (χ3n) is 3.26. The number of nitrogens with one attached hydrogen (secondary N) is 2. The van der Waals surface area contributed by atoms with E-state index in [1.165, 1.54) is 0 Å². The zero-order chi connectivity index (χ0) is 13.9. The minimum atomic E-state index is -0.0899. The Morgan fingerprint density at radius 2 is 2.10 bits per heavy atom. The van der Waals surface area contributed by atoms with Crippen molar-refractivity contribution in [1.29, 1.82) is 0 Å². The Labute approximate surface area is 116 Å². The minimum absolute atomic E-state index is 0.0899. The highest BCUT2D eigenvalue weighted by Crippen LogP contribution is 2.08. The summed E-state index contributed by atoms with van der Waals surface area (Å²) in [5.74, 6) is 0.669. The zero-order valence-electron chi connectivity index (χ0n) is 11.3. The lowest BCUT2D eigenvalue weighted by Crippen LogP contribution is -2.16. The predicted molar refractivity (Wildman–Crippen MR) is 78.7 cm³/mol. The summed E-state index contributed by atoms with van der Waals surface area (Å²) in [4.78, 5) is 19.4. The van der Waals surface area contributed by atoms with E-state index in [0.29, 0.717) is 17.8 Å². The van der Waals surface area contributed by atoms with Gasteiger partial charge in [0, 0.05) is 18.4 Å². The second-order valence-electron chi connectivity index (χ2n) is 4.69. The fraction of sp³-hybridized carbons (Fsp3) is 0.200. The molecule has 0 bridgehead atoms. The van der Waals surface area contributed by atoms with Crippen LogP contribution in [0.3, 0.4) is 0 Å². The smallest absolute Gasteiger partial charge is 0.258 e. The van der Waals surface area contributed by atoms with Crippen LogP contribution in [0.15, 0.2) is 47.4 Å². The van der Waals surface area contributed by atoms with Gasteiger partial charge < -0.3 is 14.9 Å². The van der Waals surface area contributed by atoms with Crippen molar-refractivity contribution in [2.45, 2.75) is 13.1 Å². The summed E-state index contributed by atoms with van der Waals surface area (Å²) < 4.78 is 2.07. The van der Waals surface area contributed by atoms with Gasteiger partial charge in [-0.3, -0.25) is 4.79 Å². The van der Waals surface area contributed by atoms with Crippen molar-refractivity contribution < 1.29 is 0 Å². The molecule has 0 radical (unpaired) electrons. The van der Waals surface area contributed by atoms with E-state index in [4.69, 9.17) is 0 Å². The Hall–Kier alpha value is -2.40. The second-order valence-corrected chi connectivity index (χ2v) is 4.69. The van der Waals surface area contributed by atoms with Crippen LogP contribution in [0.5, 0.6) is 0 Å². The Balaban J connectivity index is 1.98. The summed E-state index contributed by atoms with van der Waals surface area (Å²) in [6.45, 7) is 1.34. The number of hydrogen-bond acceptors (Lipinski definition) is 3. The first-order valence-corrected chi connectivity index (χ1v) is 6.54. The molecule has 5 heteroatoms. The molecule has 0 saturated heterocycles. The molecule has 0 aliphatic rings. The number of rotatable bonds is 4. The van der Waals surface area contributed by atoms with Crippen molar-refractivity contribution in [3.63, 3.8) is 0 Å². The number of hydrogen-bond donors (Lipinski definition) is 2. The highest BCUT2D eigenvalue weighted by molar-refractivity contribution is 5.77. The molecule has 0 spiro atoms. The molecule has 0 unspecified atom stereocenters. The molecule has 3 rings (SSSR count). The van der Waals surface area contributed by atoms with Gasteiger partial charge in [0.1, 0.15) is 5.82 Å². The molecule has 0 atom stereocenters. The van der Waals surface area contributed by atoms with Gasteiger partial charge in [-0.25, -0.2) is 4.98 Å². The summed E-state index contributed by atoms with van der Waals surface area (Å²) in [6, 6.07) is 11.4. The number of aromatic amines is 1. The minimum Gasteiger partial charge on any atom is -0.343 e. The third kappa shape index (κ3) is 2.35. The Morgan fingerprint density at radius 1 is 1.25 bits per heavy atom. The summed E-state index contributed by atoms with van der Waals surface area (Å²) in [7, 11) is 1.91. The molecular weight excluding hydrogens is 252 g/mol. The van der Waals surface area contributed by atoms with Gasteiger partial charge in [0.25, 0.3) is 5.56 Å². The summed E-state index contributed by atoms with van der Waals surface area (Å²) in [6.07, 6.45) is 1.99. The van der Waals surface area contributed by atoms with Crippen molar-refractivity contribution in [1.82, 2.24) is 19.9 Å². The molecular formula is C15H16N4O. The van der Waals surface area contributed by atoms with Crippen LogP contribution in [0.2, 0.25) is 0 Å². The van der Waals surface area contributed by atoms with Crippen LogP contribution >= 0.6 is 0 Å². The van der Waals surface area contributed by atoms with Crippen molar-refractivity contribution in [2.24, 2.45) is 0 Å². The fourth-order valence-electron chi connectivity index (χ4n) is 2.32. The van der Waals surface area contributed by atoms with Gasteiger partial charge in [0.05, 0.1) is 17.4 Å². The zero-order valence-corrected chi connectivity index (χ0v) is 11.3. The van der Waals surface area contributed by atoms with Crippen molar-refractivity contribution >= 4 is 10.9 Å². The highest BCUT2D eigenvalue weighted by Gasteiger charge is 2.05.